The van der Waals surface area contributed by atoms with Gasteiger partial charge in [0, 0.05) is 5.69 Å². The number of ether oxygens (including phenoxy) is 1. The van der Waals surface area contributed by atoms with Crippen molar-refractivity contribution in [3.63, 3.8) is 0 Å². The van der Waals surface area contributed by atoms with Crippen molar-refractivity contribution in [3.05, 3.63) is 54.1 Å². The maximum atomic E-state index is 12.0. The van der Waals surface area contributed by atoms with Gasteiger partial charge in [-0.25, -0.2) is 18.4 Å². The van der Waals surface area contributed by atoms with Crippen LogP contribution in [-0.2, 0) is 10.0 Å². The van der Waals surface area contributed by atoms with E-state index in [1.54, 1.807) is 50.4 Å². The van der Waals surface area contributed by atoms with Gasteiger partial charge in [-0.3, -0.25) is 0 Å². The summed E-state index contributed by atoms with van der Waals surface area (Å²) in [7, 11) is -2.16. The van der Waals surface area contributed by atoms with E-state index in [-0.39, 0.29) is 17.0 Å². The number of nitrogens with one attached hydrogen (secondary N) is 2. The zero-order valence-corrected chi connectivity index (χ0v) is 14.1. The van der Waals surface area contributed by atoms with Crippen LogP contribution in [0.3, 0.4) is 0 Å². The number of nitrogens with two attached hydrogens (primary N) is 1. The van der Waals surface area contributed by atoms with E-state index in [1.807, 2.05) is 0 Å². The predicted molar refractivity (Wildman–Crippen MR) is 91.4 cm³/mol. The maximum Gasteiger partial charge on any atom is 0.319 e. The van der Waals surface area contributed by atoms with Crippen LogP contribution in [0.2, 0.25) is 0 Å². The number of hydrogen-bond donors (Lipinski definition) is 3. The minimum Gasteiger partial charge on any atom is -0.497 e. The fraction of sp³-hybridized carbons (Fsp3) is 0.188. The van der Waals surface area contributed by atoms with Gasteiger partial charge in [0.1, 0.15) is 5.75 Å². The Balaban J connectivity index is 1.97. The number of carbonyl (C=O) groups is 1. The summed E-state index contributed by atoms with van der Waals surface area (Å²) in [4.78, 5) is 12.0. The highest BCUT2D eigenvalue weighted by molar-refractivity contribution is 7.89. The fourth-order valence-electron chi connectivity index (χ4n) is 2.07. The van der Waals surface area contributed by atoms with Crippen molar-refractivity contribution in [2.45, 2.75) is 17.9 Å². The molecule has 8 heteroatoms. The Labute approximate surface area is 140 Å². The number of urea groups is 1. The molecule has 0 radical (unpaired) electrons. The topological polar surface area (TPSA) is 111 Å². The van der Waals surface area contributed by atoms with Crippen molar-refractivity contribution in [2.75, 3.05) is 12.4 Å². The van der Waals surface area contributed by atoms with Crippen LogP contribution in [0.5, 0.6) is 5.75 Å². The van der Waals surface area contributed by atoms with Crippen LogP contribution in [0.15, 0.2) is 53.4 Å². The Morgan fingerprint density at radius 3 is 2.17 bits per heavy atom. The molecule has 1 atom stereocenters. The molecule has 0 aliphatic carbocycles. The smallest absolute Gasteiger partial charge is 0.319 e. The fourth-order valence-corrected chi connectivity index (χ4v) is 2.58. The molecule has 4 N–H and O–H groups in total. The van der Waals surface area contributed by atoms with Gasteiger partial charge in [0.2, 0.25) is 10.0 Å². The summed E-state index contributed by atoms with van der Waals surface area (Å²) in [6.45, 7) is 1.79. The Bertz CT molecular complexity index is 802. The second kappa shape index (κ2) is 7.33. The van der Waals surface area contributed by atoms with Gasteiger partial charge in [0.05, 0.1) is 18.0 Å². The van der Waals surface area contributed by atoms with Crippen molar-refractivity contribution < 1.29 is 17.9 Å². The molecular weight excluding hydrogens is 330 g/mol. The van der Waals surface area contributed by atoms with Crippen molar-refractivity contribution in [1.29, 1.82) is 0 Å². The van der Waals surface area contributed by atoms with Gasteiger partial charge >= 0.3 is 6.03 Å². The summed E-state index contributed by atoms with van der Waals surface area (Å²) in [6.07, 6.45) is 0. The molecule has 24 heavy (non-hydrogen) atoms. The van der Waals surface area contributed by atoms with Gasteiger partial charge in [-0.1, -0.05) is 12.1 Å². The molecular formula is C16H19N3O4S. The number of amides is 2. The molecule has 0 saturated heterocycles. The number of benzene rings is 2. The van der Waals surface area contributed by atoms with Crippen molar-refractivity contribution >= 4 is 21.7 Å². The van der Waals surface area contributed by atoms with E-state index in [0.29, 0.717) is 11.4 Å². The van der Waals surface area contributed by atoms with E-state index in [9.17, 15) is 13.2 Å². The normalized spacial score (nSPS) is 12.3. The van der Waals surface area contributed by atoms with Crippen LogP contribution in [-0.4, -0.2) is 21.6 Å². The second-order valence-corrected chi connectivity index (χ2v) is 6.72. The molecule has 0 saturated carbocycles. The lowest BCUT2D eigenvalue weighted by molar-refractivity contribution is 0.249. The number of sulfonamides is 1. The molecule has 0 bridgehead atoms. The first-order chi connectivity index (χ1) is 11.3. The van der Waals surface area contributed by atoms with Crippen molar-refractivity contribution in [1.82, 2.24) is 5.32 Å². The van der Waals surface area contributed by atoms with Gasteiger partial charge in [0.15, 0.2) is 0 Å². The molecule has 0 spiro atoms. The highest BCUT2D eigenvalue weighted by atomic mass is 32.2. The van der Waals surface area contributed by atoms with Gasteiger partial charge in [0.25, 0.3) is 0 Å². The molecule has 128 valence electrons. The SMILES string of the molecule is COc1ccc(NC(=O)NC(C)c2ccc(S(N)(=O)=O)cc2)cc1. The van der Waals surface area contributed by atoms with Gasteiger partial charge < -0.3 is 15.4 Å². The zero-order valence-electron chi connectivity index (χ0n) is 13.3. The first kappa shape index (κ1) is 17.8. The lowest BCUT2D eigenvalue weighted by atomic mass is 10.1. The summed E-state index contributed by atoms with van der Waals surface area (Å²) in [5.74, 6) is 0.698. The largest absolute Gasteiger partial charge is 0.497 e. The summed E-state index contributed by atoms with van der Waals surface area (Å²) in [5, 5.41) is 10.5. The zero-order chi connectivity index (χ0) is 17.7. The highest BCUT2D eigenvalue weighted by Crippen LogP contribution is 2.17. The van der Waals surface area contributed by atoms with E-state index in [0.717, 1.165) is 5.56 Å². The summed E-state index contributed by atoms with van der Waals surface area (Å²) in [5.41, 5.74) is 1.39. The van der Waals surface area contributed by atoms with E-state index in [4.69, 9.17) is 9.88 Å². The van der Waals surface area contributed by atoms with Crippen LogP contribution >= 0.6 is 0 Å². The molecule has 7 nitrogen and oxygen atoms in total. The average molecular weight is 349 g/mol. The Morgan fingerprint density at radius 1 is 1.08 bits per heavy atom. The minimum absolute atomic E-state index is 0.0288. The highest BCUT2D eigenvalue weighted by Gasteiger charge is 2.12. The van der Waals surface area contributed by atoms with E-state index >= 15 is 0 Å². The third-order valence-electron chi connectivity index (χ3n) is 3.40. The van der Waals surface area contributed by atoms with E-state index in [2.05, 4.69) is 10.6 Å². The third-order valence-corrected chi connectivity index (χ3v) is 4.33. The van der Waals surface area contributed by atoms with Crippen LogP contribution in [0.1, 0.15) is 18.5 Å². The number of primary sulfonamides is 1. The lowest BCUT2D eigenvalue weighted by Crippen LogP contribution is -2.31. The average Bonchev–Trinajstić information content (AvgIpc) is 2.54. The summed E-state index contributed by atoms with van der Waals surface area (Å²) < 4.78 is 27.5. The number of rotatable bonds is 5. The third kappa shape index (κ3) is 4.71. The predicted octanol–water partition coefficient (Wildman–Crippen LogP) is 2.23. The summed E-state index contributed by atoms with van der Waals surface area (Å²) >= 11 is 0. The minimum atomic E-state index is -3.72. The monoisotopic (exact) mass is 349 g/mol. The number of hydrogen-bond acceptors (Lipinski definition) is 4. The van der Waals surface area contributed by atoms with Crippen LogP contribution < -0.4 is 20.5 Å². The van der Waals surface area contributed by atoms with Gasteiger partial charge in [-0.05, 0) is 48.9 Å². The molecule has 0 fully saturated rings. The Kier molecular flexibility index (Phi) is 5.42. The maximum absolute atomic E-state index is 12.0. The molecule has 2 rings (SSSR count). The quantitative estimate of drug-likeness (QED) is 0.768. The molecule has 0 heterocycles. The molecule has 0 aromatic heterocycles. The Hall–Kier alpha value is -2.58. The van der Waals surface area contributed by atoms with Crippen molar-refractivity contribution in [2.24, 2.45) is 5.14 Å². The molecule has 0 aliphatic rings. The molecule has 2 amide bonds. The lowest BCUT2D eigenvalue weighted by Gasteiger charge is -2.15. The van der Waals surface area contributed by atoms with Gasteiger partial charge in [-0.15, -0.1) is 0 Å². The van der Waals surface area contributed by atoms with E-state index in [1.165, 1.54) is 12.1 Å². The first-order valence-electron chi connectivity index (χ1n) is 7.14. The molecule has 2 aromatic carbocycles. The van der Waals surface area contributed by atoms with Crippen LogP contribution in [0, 0.1) is 0 Å². The Morgan fingerprint density at radius 2 is 1.67 bits per heavy atom. The van der Waals surface area contributed by atoms with Crippen molar-refractivity contribution in [3.8, 4) is 5.75 Å². The van der Waals surface area contributed by atoms with Crippen LogP contribution in [0.4, 0.5) is 10.5 Å². The second-order valence-electron chi connectivity index (χ2n) is 5.16. The molecule has 2 aromatic rings. The molecule has 1 unspecified atom stereocenters. The summed E-state index contributed by atoms with van der Waals surface area (Å²) in [6, 6.07) is 12.3. The molecule has 0 aliphatic heterocycles. The standard InChI is InChI=1S/C16H19N3O4S/c1-11(12-3-9-15(10-4-12)24(17,21)22)18-16(20)19-13-5-7-14(23-2)8-6-13/h3-11H,1-2H3,(H2,17,21,22)(H2,18,19,20). The van der Waals surface area contributed by atoms with E-state index < -0.39 is 10.0 Å². The van der Waals surface area contributed by atoms with Gasteiger partial charge in [-0.2, -0.15) is 0 Å². The van der Waals surface area contributed by atoms with Crippen LogP contribution in [0.25, 0.3) is 0 Å². The first-order valence-corrected chi connectivity index (χ1v) is 8.68. The number of methoxy groups -OCH3 is 1. The number of carbonyl (C=O) groups excluding carboxylic acids is 1. The number of anilines is 1.